The number of anilines is 1. The maximum absolute atomic E-state index is 11.4. The van der Waals surface area contributed by atoms with Gasteiger partial charge in [-0.25, -0.2) is 11.7 Å². The van der Waals surface area contributed by atoms with Gasteiger partial charge in [-0.2, -0.15) is 0 Å². The Morgan fingerprint density at radius 3 is 2.67 bits per heavy atom. The molecule has 0 aliphatic rings. The van der Waals surface area contributed by atoms with E-state index in [9.17, 15) is 4.79 Å². The van der Waals surface area contributed by atoms with Crippen LogP contribution < -0.4 is 10.2 Å². The fraction of sp³-hybridized carbons (Fsp3) is 0.444. The van der Waals surface area contributed by atoms with E-state index in [4.69, 9.17) is 0 Å². The molecule has 1 rings (SSSR count). The van der Waals surface area contributed by atoms with Crippen molar-refractivity contribution in [2.75, 3.05) is 18.5 Å². The van der Waals surface area contributed by atoms with Crippen molar-refractivity contribution in [2.24, 2.45) is 0 Å². The van der Waals surface area contributed by atoms with Crippen LogP contribution in [0.25, 0.3) is 0 Å². The summed E-state index contributed by atoms with van der Waals surface area (Å²) in [5.74, 6) is 0. The molecule has 1 aromatic heterocycles. The van der Waals surface area contributed by atoms with Gasteiger partial charge in [0.25, 0.3) is 0 Å². The minimum Gasteiger partial charge on any atom is -0.338 e. The van der Waals surface area contributed by atoms with E-state index >= 15 is 0 Å². The molecule has 0 aliphatic heterocycles. The van der Waals surface area contributed by atoms with E-state index in [2.05, 4.69) is 17.2 Å². The fourth-order valence-electron chi connectivity index (χ4n) is 0.913. The summed E-state index contributed by atoms with van der Waals surface area (Å²) < 4.78 is 0. The maximum Gasteiger partial charge on any atom is 0.323 e. The Balaban J connectivity index is 0.00000196. The van der Waals surface area contributed by atoms with Crippen LogP contribution in [-0.4, -0.2) is 24.6 Å². The van der Waals surface area contributed by atoms with E-state index in [0.29, 0.717) is 11.7 Å². The Bertz CT molecular complexity index is 321. The standard InChI is InChI=1S/C9H14N3OS.Y/c1-5-10-8(13)12(4)9-11-6(2)7(3)14-9;/h3,5H2,1-2,4H3,(H,10,13);/q-1;. The molecule has 1 heterocycles. The van der Waals surface area contributed by atoms with Gasteiger partial charge in [-0.05, 0) is 6.92 Å². The second kappa shape index (κ2) is 6.45. The average molecular weight is 301 g/mol. The predicted octanol–water partition coefficient (Wildman–Crippen LogP) is 1.80. The van der Waals surface area contributed by atoms with Crippen LogP contribution in [0.1, 0.15) is 17.5 Å². The van der Waals surface area contributed by atoms with Crippen molar-refractivity contribution in [3.05, 3.63) is 17.5 Å². The van der Waals surface area contributed by atoms with Gasteiger partial charge in [0.15, 0.2) is 5.13 Å². The van der Waals surface area contributed by atoms with Gasteiger partial charge >= 0.3 is 6.03 Å². The molecule has 2 amide bonds. The summed E-state index contributed by atoms with van der Waals surface area (Å²) in [6.07, 6.45) is 0. The van der Waals surface area contributed by atoms with E-state index in [1.165, 1.54) is 16.2 Å². The minimum absolute atomic E-state index is 0. The molecule has 15 heavy (non-hydrogen) atoms. The summed E-state index contributed by atoms with van der Waals surface area (Å²) in [6.45, 7) is 8.21. The smallest absolute Gasteiger partial charge is 0.323 e. The molecule has 1 radical (unpaired) electrons. The molecule has 1 N–H and O–H groups in total. The van der Waals surface area contributed by atoms with Gasteiger partial charge < -0.3 is 10.3 Å². The third-order valence-corrected chi connectivity index (χ3v) is 2.89. The van der Waals surface area contributed by atoms with Crippen LogP contribution in [-0.2, 0) is 32.7 Å². The third kappa shape index (κ3) is 3.74. The summed E-state index contributed by atoms with van der Waals surface area (Å²) >= 11 is 1.42. The molecule has 0 aromatic carbocycles. The number of nitrogens with one attached hydrogen (secondary N) is 1. The van der Waals surface area contributed by atoms with E-state index in [1.54, 1.807) is 7.05 Å². The van der Waals surface area contributed by atoms with Crippen molar-refractivity contribution in [3.8, 4) is 0 Å². The summed E-state index contributed by atoms with van der Waals surface area (Å²) in [7, 11) is 1.70. The van der Waals surface area contributed by atoms with Gasteiger partial charge in [-0.3, -0.25) is 4.90 Å². The molecule has 0 saturated carbocycles. The average Bonchev–Trinajstić information content (AvgIpc) is 2.46. The number of hydrogen-bond donors (Lipinski definition) is 1. The molecule has 0 unspecified atom stereocenters. The molecule has 4 nitrogen and oxygen atoms in total. The number of amides is 2. The first-order valence-electron chi connectivity index (χ1n) is 4.37. The normalized spacial score (nSPS) is 9.27. The minimum atomic E-state index is -0.138. The van der Waals surface area contributed by atoms with Crippen LogP contribution in [0, 0.1) is 13.8 Å². The number of urea groups is 1. The zero-order chi connectivity index (χ0) is 10.7. The van der Waals surface area contributed by atoms with E-state index in [1.807, 2.05) is 13.8 Å². The zero-order valence-electron chi connectivity index (χ0n) is 9.20. The number of carbonyl (C=O) groups is 1. The molecule has 0 aliphatic carbocycles. The summed E-state index contributed by atoms with van der Waals surface area (Å²) in [5.41, 5.74) is 0.876. The Morgan fingerprint density at radius 2 is 2.27 bits per heavy atom. The van der Waals surface area contributed by atoms with Crippen LogP contribution in [0.15, 0.2) is 0 Å². The number of nitrogens with zero attached hydrogens (tertiary/aromatic N) is 2. The number of hydrogen-bond acceptors (Lipinski definition) is 3. The van der Waals surface area contributed by atoms with Crippen molar-refractivity contribution < 1.29 is 37.5 Å². The fourth-order valence-corrected chi connectivity index (χ4v) is 1.73. The second-order valence-corrected chi connectivity index (χ2v) is 3.96. The van der Waals surface area contributed by atoms with Crippen LogP contribution >= 0.6 is 11.3 Å². The largest absolute Gasteiger partial charge is 0.338 e. The molecule has 0 fully saturated rings. The molecule has 81 valence electrons. The van der Waals surface area contributed by atoms with Crippen LogP contribution in [0.3, 0.4) is 0 Å². The van der Waals surface area contributed by atoms with Gasteiger partial charge in [0, 0.05) is 46.3 Å². The Morgan fingerprint density at radius 1 is 1.67 bits per heavy atom. The third-order valence-electron chi connectivity index (χ3n) is 1.80. The van der Waals surface area contributed by atoms with Crippen molar-refractivity contribution in [1.82, 2.24) is 10.3 Å². The monoisotopic (exact) mass is 301 g/mol. The van der Waals surface area contributed by atoms with Crippen LogP contribution in [0.5, 0.6) is 0 Å². The molecular weight excluding hydrogens is 287 g/mol. The molecular formula is C9H14N3OSY-. The van der Waals surface area contributed by atoms with Gasteiger partial charge in [-0.1, -0.05) is 12.6 Å². The molecule has 0 saturated heterocycles. The van der Waals surface area contributed by atoms with Gasteiger partial charge in [-0.15, -0.1) is 16.2 Å². The Hall–Kier alpha value is -0.126. The molecule has 6 heteroatoms. The Labute approximate surface area is 119 Å². The first-order chi connectivity index (χ1) is 6.56. The van der Waals surface area contributed by atoms with Gasteiger partial charge in [0.05, 0.1) is 0 Å². The molecule has 0 spiro atoms. The Kier molecular flexibility index (Phi) is 6.40. The van der Waals surface area contributed by atoms with Crippen molar-refractivity contribution in [2.45, 2.75) is 13.8 Å². The first-order valence-corrected chi connectivity index (χ1v) is 5.18. The van der Waals surface area contributed by atoms with Crippen molar-refractivity contribution in [3.63, 3.8) is 0 Å². The van der Waals surface area contributed by atoms with Crippen molar-refractivity contribution in [1.29, 1.82) is 0 Å². The van der Waals surface area contributed by atoms with Crippen LogP contribution in [0.4, 0.5) is 9.93 Å². The van der Waals surface area contributed by atoms with E-state index < -0.39 is 0 Å². The summed E-state index contributed by atoms with van der Waals surface area (Å²) in [6, 6.07) is -0.138. The molecule has 0 bridgehead atoms. The number of aromatic nitrogens is 1. The zero-order valence-corrected chi connectivity index (χ0v) is 12.9. The maximum atomic E-state index is 11.4. The number of carbonyl (C=O) groups excluding carboxylic acids is 1. The number of thiazole rings is 1. The number of rotatable bonds is 2. The van der Waals surface area contributed by atoms with Gasteiger partial charge in [0.1, 0.15) is 0 Å². The molecule has 0 atom stereocenters. The topological polar surface area (TPSA) is 45.2 Å². The van der Waals surface area contributed by atoms with Crippen LogP contribution in [0.2, 0.25) is 0 Å². The predicted molar refractivity (Wildman–Crippen MR) is 58.8 cm³/mol. The van der Waals surface area contributed by atoms with Crippen molar-refractivity contribution >= 4 is 22.5 Å². The first kappa shape index (κ1) is 14.9. The van der Waals surface area contributed by atoms with E-state index in [-0.39, 0.29) is 38.7 Å². The summed E-state index contributed by atoms with van der Waals surface area (Å²) in [5, 5.41) is 3.38. The SMILES string of the molecule is [CH2-]c1sc(N(C)C(=O)NCC)nc1C.[Y]. The van der Waals surface area contributed by atoms with E-state index in [0.717, 1.165) is 10.6 Å². The van der Waals surface area contributed by atoms with Gasteiger partial charge in [0.2, 0.25) is 0 Å². The quantitative estimate of drug-likeness (QED) is 0.847. The number of aryl methyl sites for hydroxylation is 1. The second-order valence-electron chi connectivity index (χ2n) is 2.90. The molecule has 1 aromatic rings. The summed E-state index contributed by atoms with van der Waals surface area (Å²) in [4.78, 5) is 18.1.